The average Bonchev–Trinajstić information content (AvgIpc) is 3.37. The van der Waals surface area contributed by atoms with E-state index >= 15 is 0 Å². The Morgan fingerprint density at radius 1 is 1.22 bits per heavy atom. The quantitative estimate of drug-likeness (QED) is 0.479. The maximum absolute atomic E-state index is 11.7. The van der Waals surface area contributed by atoms with Gasteiger partial charge in [0, 0.05) is 29.9 Å². The minimum absolute atomic E-state index is 0.393. The Balaban J connectivity index is 1.26. The van der Waals surface area contributed by atoms with Gasteiger partial charge in [-0.05, 0) is 79.9 Å². The van der Waals surface area contributed by atoms with E-state index in [1.54, 1.807) is 11.3 Å². The van der Waals surface area contributed by atoms with E-state index in [9.17, 15) is 10.1 Å². The molecule has 0 amide bonds. The van der Waals surface area contributed by atoms with Crippen LogP contribution in [0.25, 0.3) is 21.2 Å². The van der Waals surface area contributed by atoms with E-state index in [0.29, 0.717) is 17.7 Å². The van der Waals surface area contributed by atoms with Crippen LogP contribution in [0, 0.1) is 11.3 Å². The first-order chi connectivity index (χ1) is 15.5. The normalized spacial score (nSPS) is 19.6. The first kappa shape index (κ1) is 20.8. The Morgan fingerprint density at radius 3 is 2.81 bits per heavy atom. The molecule has 5 rings (SSSR count). The summed E-state index contributed by atoms with van der Waals surface area (Å²) in [6, 6.07) is 14.9. The van der Waals surface area contributed by atoms with Crippen molar-refractivity contribution in [3.05, 3.63) is 63.5 Å². The number of hydrogen-bond acceptors (Lipinski definition) is 6. The van der Waals surface area contributed by atoms with Gasteiger partial charge >= 0.3 is 5.76 Å². The minimum atomic E-state index is -0.407. The number of nitrogens with zero attached hydrogens (tertiary/aromatic N) is 3. The molecule has 4 aromatic rings. The highest BCUT2D eigenvalue weighted by Crippen LogP contribution is 2.30. The second-order valence-electron chi connectivity index (χ2n) is 8.70. The summed E-state index contributed by atoms with van der Waals surface area (Å²) in [4.78, 5) is 19.3. The number of rotatable bonds is 5. The van der Waals surface area contributed by atoms with Gasteiger partial charge < -0.3 is 9.32 Å². The Kier molecular flexibility index (Phi) is 5.50. The van der Waals surface area contributed by atoms with Gasteiger partial charge in [0.15, 0.2) is 5.58 Å². The molecular weight excluding hydrogens is 420 g/mol. The van der Waals surface area contributed by atoms with Gasteiger partial charge in [-0.15, -0.1) is 11.3 Å². The lowest BCUT2D eigenvalue weighted by Crippen LogP contribution is -2.57. The van der Waals surface area contributed by atoms with Crippen LogP contribution in [0.15, 0.2) is 51.0 Å². The van der Waals surface area contributed by atoms with Crippen molar-refractivity contribution in [1.82, 2.24) is 9.88 Å². The average molecular weight is 447 g/mol. The summed E-state index contributed by atoms with van der Waals surface area (Å²) in [6.07, 6.45) is 2.10. The Morgan fingerprint density at radius 2 is 2.03 bits per heavy atom. The fourth-order valence-electron chi connectivity index (χ4n) is 5.00. The van der Waals surface area contributed by atoms with Crippen molar-refractivity contribution in [3.8, 4) is 6.07 Å². The van der Waals surface area contributed by atoms with Crippen LogP contribution in [0.1, 0.15) is 31.4 Å². The molecule has 6 nitrogen and oxygen atoms in total. The molecule has 164 valence electrons. The number of aromatic nitrogens is 1. The third-order valence-corrected chi connectivity index (χ3v) is 7.53. The molecule has 1 aliphatic heterocycles. The molecule has 2 aromatic carbocycles. The molecule has 2 aromatic heterocycles. The molecule has 0 saturated carbocycles. The smallest absolute Gasteiger partial charge is 0.406 e. The van der Waals surface area contributed by atoms with Gasteiger partial charge in [-0.3, -0.25) is 9.88 Å². The molecule has 1 fully saturated rings. The topological polar surface area (TPSA) is 76.3 Å². The van der Waals surface area contributed by atoms with Crippen LogP contribution in [-0.4, -0.2) is 41.6 Å². The number of fused-ring (bicyclic) bond motifs is 2. The number of hydrogen-bond donors (Lipinski definition) is 1. The van der Waals surface area contributed by atoms with Crippen LogP contribution in [0.3, 0.4) is 0 Å². The second-order valence-corrected chi connectivity index (χ2v) is 9.61. The summed E-state index contributed by atoms with van der Waals surface area (Å²) in [5.41, 5.74) is 4.44. The summed E-state index contributed by atoms with van der Waals surface area (Å²) >= 11 is 1.76. The molecule has 0 spiro atoms. The van der Waals surface area contributed by atoms with Gasteiger partial charge in [0.1, 0.15) is 0 Å². The lowest BCUT2D eigenvalue weighted by atomic mass is 10.0. The Hall–Kier alpha value is -3.08. The Labute approximate surface area is 190 Å². The molecule has 1 N–H and O–H groups in total. The summed E-state index contributed by atoms with van der Waals surface area (Å²) in [5.74, 6) is -0.407. The number of nitrogens with one attached hydrogen (secondary N) is 1. The zero-order chi connectivity index (χ0) is 22.2. The van der Waals surface area contributed by atoms with Crippen LogP contribution in [0.2, 0.25) is 0 Å². The van der Waals surface area contributed by atoms with Gasteiger partial charge in [-0.25, -0.2) is 4.79 Å². The number of aryl methyl sites for hydroxylation is 1. The first-order valence-corrected chi connectivity index (χ1v) is 11.9. The van der Waals surface area contributed by atoms with E-state index in [0.717, 1.165) is 49.2 Å². The molecule has 2 atom stereocenters. The summed E-state index contributed by atoms with van der Waals surface area (Å²) in [7, 11) is 0. The molecule has 0 radical (unpaired) electrons. The van der Waals surface area contributed by atoms with Crippen molar-refractivity contribution in [1.29, 1.82) is 5.26 Å². The van der Waals surface area contributed by atoms with Crippen LogP contribution in [-0.2, 0) is 6.42 Å². The molecular formula is C25H26N4O2S. The third kappa shape index (κ3) is 3.81. The highest BCUT2D eigenvalue weighted by atomic mass is 32.1. The number of thiophene rings is 1. The fourth-order valence-corrected chi connectivity index (χ4v) is 5.98. The number of piperazine rings is 1. The summed E-state index contributed by atoms with van der Waals surface area (Å²) in [5, 5.41) is 12.7. The molecule has 7 heteroatoms. The van der Waals surface area contributed by atoms with Crippen molar-refractivity contribution in [3.63, 3.8) is 0 Å². The zero-order valence-electron chi connectivity index (χ0n) is 18.3. The van der Waals surface area contributed by atoms with Crippen LogP contribution in [0.4, 0.5) is 5.69 Å². The molecule has 1 saturated heterocycles. The van der Waals surface area contributed by atoms with Gasteiger partial charge in [0.2, 0.25) is 0 Å². The molecule has 0 bridgehead atoms. The maximum atomic E-state index is 11.7. The van der Waals surface area contributed by atoms with E-state index in [1.165, 1.54) is 15.6 Å². The van der Waals surface area contributed by atoms with Crippen LogP contribution >= 0.6 is 11.3 Å². The Bertz CT molecular complexity index is 1350. The van der Waals surface area contributed by atoms with Gasteiger partial charge in [0.25, 0.3) is 0 Å². The number of nitriles is 1. The van der Waals surface area contributed by atoms with Crippen molar-refractivity contribution in [2.45, 2.75) is 38.8 Å². The molecule has 32 heavy (non-hydrogen) atoms. The van der Waals surface area contributed by atoms with Crippen molar-refractivity contribution >= 4 is 38.2 Å². The molecule has 0 aliphatic carbocycles. The third-order valence-electron chi connectivity index (χ3n) is 6.51. The molecule has 0 unspecified atom stereocenters. The summed E-state index contributed by atoms with van der Waals surface area (Å²) < 4.78 is 6.67. The van der Waals surface area contributed by atoms with E-state index in [1.807, 2.05) is 30.3 Å². The minimum Gasteiger partial charge on any atom is -0.406 e. The molecule has 1 aliphatic rings. The highest BCUT2D eigenvalue weighted by Gasteiger charge is 2.30. The number of para-hydroxylation sites is 1. The number of H-pyrrole nitrogens is 1. The van der Waals surface area contributed by atoms with E-state index < -0.39 is 5.76 Å². The number of anilines is 1. The lowest BCUT2D eigenvalue weighted by molar-refractivity contribution is 0.130. The predicted molar refractivity (Wildman–Crippen MR) is 130 cm³/mol. The fraction of sp³-hybridized carbons (Fsp3) is 0.360. The van der Waals surface area contributed by atoms with Gasteiger partial charge in [-0.2, -0.15) is 5.26 Å². The van der Waals surface area contributed by atoms with Crippen LogP contribution < -0.4 is 10.7 Å². The van der Waals surface area contributed by atoms with E-state index in [2.05, 4.69) is 46.1 Å². The van der Waals surface area contributed by atoms with Crippen molar-refractivity contribution in [2.75, 3.05) is 24.5 Å². The summed E-state index contributed by atoms with van der Waals surface area (Å²) in [6.45, 7) is 7.37. The standard InChI is InChI=1S/C25H26N4O2S/c1-16-13-28(22-7-3-6-21-24(22)31-25(30)27-21)14-17(2)29(16)10-4-5-19-15-32-23-9-8-18(12-26)11-20(19)23/h3,6-9,11,15-17H,4-5,10,13-14H2,1-2H3,(H,27,30)/t16-,17+. The van der Waals surface area contributed by atoms with Crippen molar-refractivity contribution in [2.24, 2.45) is 0 Å². The van der Waals surface area contributed by atoms with Gasteiger partial charge in [0.05, 0.1) is 22.8 Å². The van der Waals surface area contributed by atoms with Crippen LogP contribution in [0.5, 0.6) is 0 Å². The van der Waals surface area contributed by atoms with Gasteiger partial charge in [-0.1, -0.05) is 6.07 Å². The lowest BCUT2D eigenvalue weighted by Gasteiger charge is -2.45. The number of aromatic amines is 1. The maximum Gasteiger partial charge on any atom is 0.417 e. The highest BCUT2D eigenvalue weighted by molar-refractivity contribution is 7.17. The number of oxazole rings is 1. The predicted octanol–water partition coefficient (Wildman–Crippen LogP) is 4.74. The van der Waals surface area contributed by atoms with E-state index in [-0.39, 0.29) is 0 Å². The largest absolute Gasteiger partial charge is 0.417 e. The second kappa shape index (κ2) is 8.45. The SMILES string of the molecule is C[C@@H]1CN(c2cccc3[nH]c(=O)oc23)C[C@H](C)N1CCCc1csc2ccc(C#N)cc12. The number of benzene rings is 2. The van der Waals surface area contributed by atoms with E-state index in [4.69, 9.17) is 4.42 Å². The first-order valence-electron chi connectivity index (χ1n) is 11.1. The molecule has 3 heterocycles. The monoisotopic (exact) mass is 446 g/mol. The zero-order valence-corrected chi connectivity index (χ0v) is 19.1. The van der Waals surface area contributed by atoms with Crippen molar-refractivity contribution < 1.29 is 4.42 Å².